The zero-order valence-electron chi connectivity index (χ0n) is 12.6. The lowest BCUT2D eigenvalue weighted by Crippen LogP contribution is -2.35. The Morgan fingerprint density at radius 2 is 1.90 bits per heavy atom. The maximum Gasteiger partial charge on any atom is 0.124 e. The smallest absolute Gasteiger partial charge is 0.124 e. The SMILES string of the molecule is CCCC1CCC(NC(C)c2ccc(O)cc2O)CC1. The molecule has 3 N–H and O–H groups in total. The maximum absolute atomic E-state index is 9.90. The summed E-state index contributed by atoms with van der Waals surface area (Å²) in [5, 5.41) is 22.9. The van der Waals surface area contributed by atoms with E-state index in [0.717, 1.165) is 11.5 Å². The van der Waals surface area contributed by atoms with Crippen LogP contribution in [0.2, 0.25) is 0 Å². The molecule has 1 aliphatic carbocycles. The van der Waals surface area contributed by atoms with E-state index in [1.165, 1.54) is 44.6 Å². The molecule has 1 unspecified atom stereocenters. The second-order valence-electron chi connectivity index (χ2n) is 6.14. The quantitative estimate of drug-likeness (QED) is 0.759. The normalized spacial score (nSPS) is 24.5. The Labute approximate surface area is 122 Å². The number of phenolic OH excluding ortho intramolecular Hbond substituents is 2. The Kier molecular flexibility index (Phi) is 5.30. The molecule has 1 atom stereocenters. The first-order chi connectivity index (χ1) is 9.60. The first-order valence-corrected chi connectivity index (χ1v) is 7.88. The highest BCUT2D eigenvalue weighted by Crippen LogP contribution is 2.31. The van der Waals surface area contributed by atoms with Crippen molar-refractivity contribution in [3.05, 3.63) is 23.8 Å². The molecule has 0 heterocycles. The lowest BCUT2D eigenvalue weighted by molar-refractivity contribution is 0.265. The Balaban J connectivity index is 1.87. The van der Waals surface area contributed by atoms with E-state index in [9.17, 15) is 10.2 Å². The van der Waals surface area contributed by atoms with E-state index in [1.807, 2.05) is 0 Å². The van der Waals surface area contributed by atoms with Gasteiger partial charge in [-0.25, -0.2) is 0 Å². The minimum absolute atomic E-state index is 0.110. The lowest BCUT2D eigenvalue weighted by atomic mass is 9.83. The molecule has 3 nitrogen and oxygen atoms in total. The van der Waals surface area contributed by atoms with Crippen LogP contribution in [-0.4, -0.2) is 16.3 Å². The Hall–Kier alpha value is -1.22. The van der Waals surface area contributed by atoms with Gasteiger partial charge in [-0.05, 0) is 44.6 Å². The zero-order valence-corrected chi connectivity index (χ0v) is 12.6. The highest BCUT2D eigenvalue weighted by Gasteiger charge is 2.22. The number of hydrogen-bond donors (Lipinski definition) is 3. The largest absolute Gasteiger partial charge is 0.508 e. The van der Waals surface area contributed by atoms with E-state index >= 15 is 0 Å². The van der Waals surface area contributed by atoms with Crippen LogP contribution in [0.4, 0.5) is 0 Å². The van der Waals surface area contributed by atoms with Crippen LogP contribution in [0.3, 0.4) is 0 Å². The van der Waals surface area contributed by atoms with Gasteiger partial charge in [0.2, 0.25) is 0 Å². The molecule has 0 radical (unpaired) electrons. The van der Waals surface area contributed by atoms with Gasteiger partial charge in [0.05, 0.1) is 0 Å². The summed E-state index contributed by atoms with van der Waals surface area (Å²) in [6.07, 6.45) is 7.75. The van der Waals surface area contributed by atoms with Crippen LogP contribution in [0.25, 0.3) is 0 Å². The minimum Gasteiger partial charge on any atom is -0.508 e. The van der Waals surface area contributed by atoms with Gasteiger partial charge in [-0.3, -0.25) is 0 Å². The summed E-state index contributed by atoms with van der Waals surface area (Å²) in [4.78, 5) is 0. The van der Waals surface area contributed by atoms with Gasteiger partial charge in [0.1, 0.15) is 11.5 Å². The van der Waals surface area contributed by atoms with Crippen LogP contribution in [0.15, 0.2) is 18.2 Å². The van der Waals surface area contributed by atoms with Gasteiger partial charge < -0.3 is 15.5 Å². The molecule has 1 fully saturated rings. The van der Waals surface area contributed by atoms with Crippen molar-refractivity contribution in [2.45, 2.75) is 64.5 Å². The summed E-state index contributed by atoms with van der Waals surface area (Å²) in [7, 11) is 0. The number of benzene rings is 1. The van der Waals surface area contributed by atoms with E-state index in [0.29, 0.717) is 6.04 Å². The Morgan fingerprint density at radius 3 is 2.50 bits per heavy atom. The topological polar surface area (TPSA) is 52.5 Å². The van der Waals surface area contributed by atoms with Crippen LogP contribution >= 0.6 is 0 Å². The summed E-state index contributed by atoms with van der Waals surface area (Å²) in [6.45, 7) is 4.34. The summed E-state index contributed by atoms with van der Waals surface area (Å²) in [6, 6.07) is 5.50. The second-order valence-corrected chi connectivity index (χ2v) is 6.14. The van der Waals surface area contributed by atoms with Crippen LogP contribution in [0.5, 0.6) is 11.5 Å². The molecule has 112 valence electrons. The van der Waals surface area contributed by atoms with Crippen molar-refractivity contribution < 1.29 is 10.2 Å². The van der Waals surface area contributed by atoms with E-state index in [1.54, 1.807) is 12.1 Å². The predicted octanol–water partition coefficient (Wildman–Crippen LogP) is 4.11. The summed E-state index contributed by atoms with van der Waals surface area (Å²) in [5.41, 5.74) is 0.860. The number of aromatic hydroxyl groups is 2. The number of phenols is 2. The van der Waals surface area contributed by atoms with Gasteiger partial charge in [0.15, 0.2) is 0 Å². The van der Waals surface area contributed by atoms with Gasteiger partial charge in [-0.2, -0.15) is 0 Å². The zero-order chi connectivity index (χ0) is 14.5. The number of nitrogens with one attached hydrogen (secondary N) is 1. The van der Waals surface area contributed by atoms with Crippen molar-refractivity contribution in [2.75, 3.05) is 0 Å². The van der Waals surface area contributed by atoms with Crippen molar-refractivity contribution in [1.82, 2.24) is 5.32 Å². The van der Waals surface area contributed by atoms with Gasteiger partial charge >= 0.3 is 0 Å². The van der Waals surface area contributed by atoms with Crippen molar-refractivity contribution in [3.63, 3.8) is 0 Å². The lowest BCUT2D eigenvalue weighted by Gasteiger charge is -2.31. The Morgan fingerprint density at radius 1 is 1.20 bits per heavy atom. The highest BCUT2D eigenvalue weighted by molar-refractivity contribution is 5.40. The fraction of sp³-hybridized carbons (Fsp3) is 0.647. The molecule has 3 heteroatoms. The minimum atomic E-state index is 0.110. The monoisotopic (exact) mass is 277 g/mol. The molecular formula is C17H27NO2. The van der Waals surface area contributed by atoms with Gasteiger partial charge in [0.25, 0.3) is 0 Å². The average Bonchev–Trinajstić information content (AvgIpc) is 2.41. The first kappa shape index (κ1) is 15.2. The van der Waals surface area contributed by atoms with E-state index < -0.39 is 0 Å². The molecule has 1 saturated carbocycles. The van der Waals surface area contributed by atoms with Crippen LogP contribution in [0.1, 0.15) is 64.0 Å². The molecule has 0 aliphatic heterocycles. The fourth-order valence-electron chi connectivity index (χ4n) is 3.37. The molecular weight excluding hydrogens is 250 g/mol. The third-order valence-corrected chi connectivity index (χ3v) is 4.51. The van der Waals surface area contributed by atoms with Crippen molar-refractivity contribution in [3.8, 4) is 11.5 Å². The summed E-state index contributed by atoms with van der Waals surface area (Å²) in [5.74, 6) is 1.19. The van der Waals surface area contributed by atoms with E-state index in [-0.39, 0.29) is 17.5 Å². The molecule has 0 spiro atoms. The van der Waals surface area contributed by atoms with E-state index in [4.69, 9.17) is 0 Å². The van der Waals surface area contributed by atoms with Gasteiger partial charge in [0, 0.05) is 23.7 Å². The average molecular weight is 277 g/mol. The third kappa shape index (κ3) is 3.89. The standard InChI is InChI=1S/C17H27NO2/c1-3-4-13-5-7-14(8-6-13)18-12(2)16-10-9-15(19)11-17(16)20/h9-14,18-20H,3-8H2,1-2H3. The summed E-state index contributed by atoms with van der Waals surface area (Å²) < 4.78 is 0. The predicted molar refractivity (Wildman–Crippen MR) is 82.0 cm³/mol. The molecule has 0 amide bonds. The number of rotatable bonds is 5. The van der Waals surface area contributed by atoms with Crippen LogP contribution < -0.4 is 5.32 Å². The molecule has 2 rings (SSSR count). The Bertz CT molecular complexity index is 425. The maximum atomic E-state index is 9.90. The molecule has 0 saturated heterocycles. The van der Waals surface area contributed by atoms with Gasteiger partial charge in [-0.1, -0.05) is 25.8 Å². The second kappa shape index (κ2) is 6.98. The van der Waals surface area contributed by atoms with Crippen LogP contribution in [0, 0.1) is 5.92 Å². The molecule has 1 aromatic carbocycles. The van der Waals surface area contributed by atoms with Crippen LogP contribution in [-0.2, 0) is 0 Å². The van der Waals surface area contributed by atoms with Gasteiger partial charge in [-0.15, -0.1) is 0 Å². The van der Waals surface area contributed by atoms with Crippen molar-refractivity contribution in [1.29, 1.82) is 0 Å². The van der Waals surface area contributed by atoms with E-state index in [2.05, 4.69) is 19.2 Å². The fourth-order valence-corrected chi connectivity index (χ4v) is 3.37. The molecule has 20 heavy (non-hydrogen) atoms. The molecule has 1 aromatic rings. The first-order valence-electron chi connectivity index (χ1n) is 7.88. The summed E-state index contributed by atoms with van der Waals surface area (Å²) >= 11 is 0. The number of hydrogen-bond acceptors (Lipinski definition) is 3. The molecule has 1 aliphatic rings. The highest BCUT2D eigenvalue weighted by atomic mass is 16.3. The molecule has 0 bridgehead atoms. The van der Waals surface area contributed by atoms with Crippen molar-refractivity contribution >= 4 is 0 Å². The van der Waals surface area contributed by atoms with Crippen molar-refractivity contribution in [2.24, 2.45) is 5.92 Å². The molecule has 0 aromatic heterocycles. The third-order valence-electron chi connectivity index (χ3n) is 4.51.